The van der Waals surface area contributed by atoms with Gasteiger partial charge in [0, 0.05) is 61.8 Å². The van der Waals surface area contributed by atoms with Crippen LogP contribution in [0.4, 0.5) is 5.69 Å². The Kier molecular flexibility index (Phi) is 8.27. The Morgan fingerprint density at radius 2 is 1.57 bits per heavy atom. The summed E-state index contributed by atoms with van der Waals surface area (Å²) in [5.41, 5.74) is 4.43. The van der Waals surface area contributed by atoms with E-state index >= 15 is 0 Å². The summed E-state index contributed by atoms with van der Waals surface area (Å²) in [7, 11) is 2.06. The smallest absolute Gasteiger partial charge is 0.229 e. The maximum Gasteiger partial charge on any atom is 0.229 e. The number of carbonyl (C=O) groups excluding carboxylic acids is 2. The van der Waals surface area contributed by atoms with Crippen LogP contribution in [0.1, 0.15) is 63.5 Å². The van der Waals surface area contributed by atoms with Gasteiger partial charge in [-0.25, -0.2) is 0 Å². The van der Waals surface area contributed by atoms with Crippen LogP contribution in [0.25, 0.3) is 10.9 Å². The minimum absolute atomic E-state index is 0.0607. The molecule has 2 heterocycles. The molecule has 0 unspecified atom stereocenters. The van der Waals surface area contributed by atoms with E-state index < -0.39 is 0 Å². The number of amides is 2. The van der Waals surface area contributed by atoms with E-state index in [9.17, 15) is 9.59 Å². The molecule has 0 saturated carbocycles. The highest BCUT2D eigenvalue weighted by atomic mass is 16.2. The number of carbonyl (C=O) groups is 2. The average molecular weight is 474 g/mol. The summed E-state index contributed by atoms with van der Waals surface area (Å²) >= 11 is 0. The van der Waals surface area contributed by atoms with Gasteiger partial charge in [-0.3, -0.25) is 9.59 Å². The van der Waals surface area contributed by atoms with Gasteiger partial charge in [-0.05, 0) is 42.5 Å². The predicted molar refractivity (Wildman–Crippen MR) is 143 cm³/mol. The number of fused-ring (bicyclic) bond motifs is 2. The first kappa shape index (κ1) is 25.0. The van der Waals surface area contributed by atoms with E-state index in [1.807, 2.05) is 41.8 Å². The van der Waals surface area contributed by atoms with Gasteiger partial charge in [-0.1, -0.05) is 69.5 Å². The second-order valence-electron chi connectivity index (χ2n) is 10.1. The molecule has 2 amide bonds. The molecule has 0 N–H and O–H groups in total. The number of rotatable bonds is 4. The van der Waals surface area contributed by atoms with E-state index in [-0.39, 0.29) is 17.7 Å². The zero-order valence-corrected chi connectivity index (χ0v) is 21.5. The minimum Gasteiger partial charge on any atom is -0.350 e. The number of hydrogen-bond donors (Lipinski definition) is 0. The van der Waals surface area contributed by atoms with Crippen molar-refractivity contribution in [3.8, 4) is 0 Å². The van der Waals surface area contributed by atoms with Crippen LogP contribution >= 0.6 is 0 Å². The molecular formula is C30H39N3O2. The summed E-state index contributed by atoms with van der Waals surface area (Å²) in [6.45, 7) is 5.98. The molecule has 0 spiro atoms. The van der Waals surface area contributed by atoms with E-state index in [0.29, 0.717) is 13.0 Å². The summed E-state index contributed by atoms with van der Waals surface area (Å²) in [6.07, 6.45) is 8.78. The third-order valence-corrected chi connectivity index (χ3v) is 7.15. The quantitative estimate of drug-likeness (QED) is 0.460. The molecule has 0 bridgehead atoms. The van der Waals surface area contributed by atoms with Crippen molar-refractivity contribution in [1.29, 1.82) is 0 Å². The van der Waals surface area contributed by atoms with Gasteiger partial charge in [0.15, 0.2) is 0 Å². The largest absolute Gasteiger partial charge is 0.350 e. The van der Waals surface area contributed by atoms with Gasteiger partial charge in [-0.15, -0.1) is 0 Å². The highest BCUT2D eigenvalue weighted by molar-refractivity contribution is 5.95. The molecule has 5 heteroatoms. The number of para-hydroxylation sites is 2. The van der Waals surface area contributed by atoms with Crippen LogP contribution in [0, 0.1) is 5.92 Å². The fourth-order valence-corrected chi connectivity index (χ4v) is 5.19. The fraction of sp³-hybridized carbons (Fsp3) is 0.467. The number of benzene rings is 2. The van der Waals surface area contributed by atoms with Crippen LogP contribution in [0.5, 0.6) is 0 Å². The van der Waals surface area contributed by atoms with E-state index in [0.717, 1.165) is 62.9 Å². The van der Waals surface area contributed by atoms with Gasteiger partial charge >= 0.3 is 0 Å². The lowest BCUT2D eigenvalue weighted by atomic mass is 10.0. The van der Waals surface area contributed by atoms with Gasteiger partial charge < -0.3 is 14.4 Å². The number of nitrogens with zero attached hydrogens (tertiary/aromatic N) is 3. The van der Waals surface area contributed by atoms with Gasteiger partial charge in [0.1, 0.15) is 0 Å². The molecule has 1 aliphatic rings. The third kappa shape index (κ3) is 5.95. The van der Waals surface area contributed by atoms with Crippen molar-refractivity contribution in [2.75, 3.05) is 18.0 Å². The molecule has 0 aliphatic carbocycles. The van der Waals surface area contributed by atoms with Crippen LogP contribution in [0.15, 0.2) is 54.7 Å². The lowest BCUT2D eigenvalue weighted by Crippen LogP contribution is -2.37. The Labute approximate surface area is 209 Å². The van der Waals surface area contributed by atoms with Crippen molar-refractivity contribution in [2.24, 2.45) is 13.0 Å². The fourth-order valence-electron chi connectivity index (χ4n) is 5.19. The molecule has 3 aromatic rings. The summed E-state index contributed by atoms with van der Waals surface area (Å²) in [5, 5.41) is 1.23. The zero-order valence-electron chi connectivity index (χ0n) is 21.5. The monoisotopic (exact) mass is 473 g/mol. The maximum atomic E-state index is 13.5. The summed E-state index contributed by atoms with van der Waals surface area (Å²) < 4.78 is 2.14. The average Bonchev–Trinajstić information content (AvgIpc) is 3.18. The molecule has 4 rings (SSSR count). The highest BCUT2D eigenvalue weighted by Gasteiger charge is 2.23. The first-order valence-corrected chi connectivity index (χ1v) is 13.2. The normalized spacial score (nSPS) is 15.5. The van der Waals surface area contributed by atoms with Crippen LogP contribution in [-0.2, 0) is 29.6 Å². The lowest BCUT2D eigenvalue weighted by Gasteiger charge is -2.30. The van der Waals surface area contributed by atoms with Gasteiger partial charge in [0.25, 0.3) is 0 Å². The Hall–Kier alpha value is -3.08. The molecule has 5 nitrogen and oxygen atoms in total. The first-order valence-electron chi connectivity index (χ1n) is 13.2. The van der Waals surface area contributed by atoms with Crippen molar-refractivity contribution in [2.45, 2.75) is 65.3 Å². The highest BCUT2D eigenvalue weighted by Crippen LogP contribution is 2.27. The molecule has 35 heavy (non-hydrogen) atoms. The van der Waals surface area contributed by atoms with Gasteiger partial charge in [0.05, 0.1) is 0 Å². The number of aryl methyl sites for hydroxylation is 2. The second kappa shape index (κ2) is 11.6. The van der Waals surface area contributed by atoms with Gasteiger partial charge in [-0.2, -0.15) is 0 Å². The van der Waals surface area contributed by atoms with E-state index in [2.05, 4.69) is 48.1 Å². The number of aromatic nitrogens is 1. The number of anilines is 1. The molecule has 0 fully saturated rings. The lowest BCUT2D eigenvalue weighted by molar-refractivity contribution is -0.131. The standard InChI is InChI=1S/C30H39N3O2/c1-23(2)30(35)33-20-12-6-4-5-11-19-32(22-25-13-7-9-15-27(25)33)29(34)18-17-24-21-31(3)28-16-10-8-14-26(24)28/h7-10,13-16,21,23H,4-6,11-12,17-20,22H2,1-3H3. The van der Waals surface area contributed by atoms with Crippen LogP contribution in [-0.4, -0.2) is 34.4 Å². The molecule has 2 aromatic carbocycles. The minimum atomic E-state index is -0.0607. The summed E-state index contributed by atoms with van der Waals surface area (Å²) in [4.78, 5) is 30.6. The summed E-state index contributed by atoms with van der Waals surface area (Å²) in [5.74, 6) is 0.282. The maximum absolute atomic E-state index is 13.5. The van der Waals surface area contributed by atoms with Gasteiger partial charge in [0.2, 0.25) is 11.8 Å². The topological polar surface area (TPSA) is 45.6 Å². The molecule has 0 radical (unpaired) electrons. The van der Waals surface area contributed by atoms with Crippen molar-refractivity contribution in [1.82, 2.24) is 9.47 Å². The third-order valence-electron chi connectivity index (χ3n) is 7.15. The van der Waals surface area contributed by atoms with Crippen molar-refractivity contribution < 1.29 is 9.59 Å². The molecule has 1 aromatic heterocycles. The first-order chi connectivity index (χ1) is 17.0. The molecule has 0 saturated heterocycles. The molecule has 186 valence electrons. The zero-order chi connectivity index (χ0) is 24.8. The molecule has 1 aliphatic heterocycles. The molecule has 0 atom stereocenters. The van der Waals surface area contributed by atoms with E-state index in [4.69, 9.17) is 0 Å². The SMILES string of the molecule is CC(C)C(=O)N1CCCCCCCN(C(=O)CCc2cn(C)c3ccccc23)Cc2ccccc21. The van der Waals surface area contributed by atoms with Crippen molar-refractivity contribution >= 4 is 28.4 Å². The van der Waals surface area contributed by atoms with Crippen molar-refractivity contribution in [3.05, 3.63) is 65.9 Å². The summed E-state index contributed by atoms with van der Waals surface area (Å²) in [6, 6.07) is 16.5. The predicted octanol–water partition coefficient (Wildman–Crippen LogP) is 6.09. The van der Waals surface area contributed by atoms with E-state index in [1.165, 1.54) is 16.5 Å². The Morgan fingerprint density at radius 1 is 0.886 bits per heavy atom. The Morgan fingerprint density at radius 3 is 2.37 bits per heavy atom. The molecular weight excluding hydrogens is 434 g/mol. The van der Waals surface area contributed by atoms with Crippen LogP contribution in [0.3, 0.4) is 0 Å². The van der Waals surface area contributed by atoms with Crippen molar-refractivity contribution in [3.63, 3.8) is 0 Å². The van der Waals surface area contributed by atoms with E-state index in [1.54, 1.807) is 0 Å². The van der Waals surface area contributed by atoms with Crippen LogP contribution in [0.2, 0.25) is 0 Å². The Bertz CT molecular complexity index is 1160. The Balaban J connectivity index is 1.56. The van der Waals surface area contributed by atoms with Crippen LogP contribution < -0.4 is 4.90 Å². The number of hydrogen-bond acceptors (Lipinski definition) is 2. The second-order valence-corrected chi connectivity index (χ2v) is 10.1.